The lowest BCUT2D eigenvalue weighted by Crippen LogP contribution is -2.44. The third kappa shape index (κ3) is 4.59. The first-order chi connectivity index (χ1) is 14.0. The molecular weight excluding hydrogens is 390 g/mol. The first-order valence-corrected chi connectivity index (χ1v) is 11.4. The number of hydrogen-bond donors (Lipinski definition) is 3. The average molecular weight is 422 g/mol. The number of aliphatic hydroxyl groups is 1. The maximum atomic E-state index is 12.9. The number of amides is 1. The van der Waals surface area contributed by atoms with Crippen LogP contribution in [-0.2, 0) is 9.59 Å². The number of rotatable bonds is 10. The zero-order valence-corrected chi connectivity index (χ0v) is 17.6. The number of halogens is 1. The first-order valence-electron chi connectivity index (χ1n) is 11.0. The highest BCUT2D eigenvalue weighted by Gasteiger charge is 2.55. The highest BCUT2D eigenvalue weighted by molar-refractivity contribution is 6.30. The van der Waals surface area contributed by atoms with Crippen LogP contribution in [0.5, 0.6) is 0 Å². The van der Waals surface area contributed by atoms with E-state index in [1.807, 2.05) is 6.08 Å². The van der Waals surface area contributed by atoms with Crippen molar-refractivity contribution in [2.24, 2.45) is 34.1 Å². The van der Waals surface area contributed by atoms with Crippen LogP contribution in [-0.4, -0.2) is 54.6 Å². The Morgan fingerprint density at radius 2 is 2.10 bits per heavy atom. The minimum atomic E-state index is -0.523. The molecule has 0 aromatic carbocycles. The molecule has 5 aliphatic rings. The van der Waals surface area contributed by atoms with Crippen molar-refractivity contribution in [1.29, 1.82) is 0 Å². The normalized spacial score (nSPS) is 38.1. The molecule has 0 aromatic rings. The molecule has 4 bridgehead atoms. The van der Waals surface area contributed by atoms with Crippen molar-refractivity contribution in [2.75, 3.05) is 19.7 Å². The molecule has 5 unspecified atom stereocenters. The Hall–Kier alpha value is -1.24. The Morgan fingerprint density at radius 3 is 2.76 bits per heavy atom. The molecule has 29 heavy (non-hydrogen) atoms. The van der Waals surface area contributed by atoms with Gasteiger partial charge in [-0.05, 0) is 80.7 Å². The summed E-state index contributed by atoms with van der Waals surface area (Å²) in [6, 6.07) is -0.523. The summed E-state index contributed by atoms with van der Waals surface area (Å²) in [4.78, 5) is 28.0. The number of aliphatic imine (C=N–C) groups is 1. The monoisotopic (exact) mass is 421 g/mol. The number of hydrogen-bond acceptors (Lipinski definition) is 5. The minimum absolute atomic E-state index is 0.00477. The van der Waals surface area contributed by atoms with E-state index in [1.54, 1.807) is 6.21 Å². The standard InChI is InChI=1S/C22H32ClN3O3/c23-20-10-25-17(2-1-3-24-18(11-27)12-28)6-19(20)21(29)26-13-22-7-14-4-15(8-22)16(5-14)9-22/h6,10-11,14-16,18-20,24,28H,1-5,7-9,12-13H2,(H,26,29). The number of aldehydes is 1. The SMILES string of the molecule is O=CC(CO)NCCCC1=CC(C(=O)NCC23CC4CC(C2)C(C4)C3)C(Cl)C=N1. The van der Waals surface area contributed by atoms with Gasteiger partial charge in [-0.3, -0.25) is 9.79 Å². The van der Waals surface area contributed by atoms with Crippen LogP contribution in [0.4, 0.5) is 0 Å². The van der Waals surface area contributed by atoms with Crippen LogP contribution >= 0.6 is 11.6 Å². The van der Waals surface area contributed by atoms with Crippen molar-refractivity contribution in [2.45, 2.75) is 56.4 Å². The Balaban J connectivity index is 1.26. The third-order valence-electron chi connectivity index (χ3n) is 7.47. The van der Waals surface area contributed by atoms with E-state index in [0.717, 1.165) is 36.4 Å². The van der Waals surface area contributed by atoms with Crippen LogP contribution < -0.4 is 10.6 Å². The van der Waals surface area contributed by atoms with Gasteiger partial charge in [-0.2, -0.15) is 0 Å². The third-order valence-corrected chi connectivity index (χ3v) is 7.85. The highest BCUT2D eigenvalue weighted by Crippen LogP contribution is 2.63. The summed E-state index contributed by atoms with van der Waals surface area (Å²) >= 11 is 6.38. The topological polar surface area (TPSA) is 90.8 Å². The fourth-order valence-corrected chi connectivity index (χ4v) is 6.51. The molecule has 0 aromatic heterocycles. The predicted octanol–water partition coefficient (Wildman–Crippen LogP) is 2.05. The van der Waals surface area contributed by atoms with E-state index in [1.165, 1.54) is 32.1 Å². The highest BCUT2D eigenvalue weighted by atomic mass is 35.5. The van der Waals surface area contributed by atoms with Crippen LogP contribution in [0.2, 0.25) is 0 Å². The molecular formula is C22H32ClN3O3. The molecule has 0 radical (unpaired) electrons. The zero-order valence-electron chi connectivity index (χ0n) is 16.9. The van der Waals surface area contributed by atoms with Gasteiger partial charge in [-0.25, -0.2) is 0 Å². The number of aliphatic hydroxyl groups excluding tert-OH is 1. The summed E-state index contributed by atoms with van der Waals surface area (Å²) in [6.45, 7) is 1.18. The van der Waals surface area contributed by atoms with Crippen LogP contribution in [0.25, 0.3) is 0 Å². The number of carbonyl (C=O) groups is 2. The molecule has 6 nitrogen and oxygen atoms in total. The maximum Gasteiger partial charge on any atom is 0.228 e. The van der Waals surface area contributed by atoms with Gasteiger partial charge in [0.1, 0.15) is 6.29 Å². The fourth-order valence-electron chi connectivity index (χ4n) is 6.27. The van der Waals surface area contributed by atoms with Gasteiger partial charge < -0.3 is 20.5 Å². The number of nitrogens with one attached hydrogen (secondary N) is 2. The van der Waals surface area contributed by atoms with Crippen molar-refractivity contribution < 1.29 is 14.7 Å². The smallest absolute Gasteiger partial charge is 0.228 e. The Kier molecular flexibility index (Phi) is 6.42. The maximum absolute atomic E-state index is 12.9. The number of carbonyl (C=O) groups excluding carboxylic acids is 2. The van der Waals surface area contributed by atoms with Crippen molar-refractivity contribution in [3.63, 3.8) is 0 Å². The van der Waals surface area contributed by atoms with Gasteiger partial charge in [0.2, 0.25) is 5.91 Å². The van der Waals surface area contributed by atoms with Crippen LogP contribution in [0.15, 0.2) is 16.8 Å². The molecule has 4 saturated carbocycles. The van der Waals surface area contributed by atoms with E-state index in [9.17, 15) is 9.59 Å². The van der Waals surface area contributed by atoms with Crippen molar-refractivity contribution in [3.8, 4) is 0 Å². The van der Waals surface area contributed by atoms with Crippen molar-refractivity contribution in [1.82, 2.24) is 10.6 Å². The number of nitrogens with zero attached hydrogens (tertiary/aromatic N) is 1. The van der Waals surface area contributed by atoms with E-state index >= 15 is 0 Å². The number of allylic oxidation sites excluding steroid dienone is 1. The second kappa shape index (κ2) is 8.86. The molecule has 160 valence electrons. The van der Waals surface area contributed by atoms with E-state index in [-0.39, 0.29) is 18.4 Å². The van der Waals surface area contributed by atoms with Gasteiger partial charge in [0.25, 0.3) is 0 Å². The fraction of sp³-hybridized carbons (Fsp3) is 0.773. The lowest BCUT2D eigenvalue weighted by Gasteiger charge is -2.38. The summed E-state index contributed by atoms with van der Waals surface area (Å²) < 4.78 is 0. The molecule has 1 heterocycles. The Bertz CT molecular complexity index is 675. The summed E-state index contributed by atoms with van der Waals surface area (Å²) in [5.41, 5.74) is 1.19. The summed E-state index contributed by atoms with van der Waals surface area (Å²) in [7, 11) is 0. The largest absolute Gasteiger partial charge is 0.394 e. The molecule has 1 amide bonds. The molecule has 4 fully saturated rings. The Labute approximate surface area is 177 Å². The molecule has 3 N–H and O–H groups in total. The van der Waals surface area contributed by atoms with Gasteiger partial charge >= 0.3 is 0 Å². The van der Waals surface area contributed by atoms with Gasteiger partial charge in [0, 0.05) is 18.5 Å². The minimum Gasteiger partial charge on any atom is -0.394 e. The van der Waals surface area contributed by atoms with Gasteiger partial charge in [0.05, 0.1) is 23.9 Å². The lowest BCUT2D eigenvalue weighted by molar-refractivity contribution is -0.124. The second-order valence-electron chi connectivity index (χ2n) is 9.58. The first kappa shape index (κ1) is 21.0. The molecule has 0 saturated heterocycles. The van der Waals surface area contributed by atoms with Gasteiger partial charge in [-0.1, -0.05) is 0 Å². The van der Waals surface area contributed by atoms with E-state index in [2.05, 4.69) is 15.6 Å². The zero-order chi connectivity index (χ0) is 20.4. The lowest BCUT2D eigenvalue weighted by atomic mass is 9.69. The Morgan fingerprint density at radius 1 is 1.34 bits per heavy atom. The van der Waals surface area contributed by atoms with Crippen LogP contribution in [0, 0.1) is 29.1 Å². The quantitative estimate of drug-likeness (QED) is 0.286. The van der Waals surface area contributed by atoms with Crippen molar-refractivity contribution >= 4 is 30.0 Å². The average Bonchev–Trinajstić information content (AvgIpc) is 3.14. The van der Waals surface area contributed by atoms with Gasteiger partial charge in [0.15, 0.2) is 0 Å². The van der Waals surface area contributed by atoms with Crippen LogP contribution in [0.3, 0.4) is 0 Å². The molecule has 5 rings (SSSR count). The molecule has 1 aliphatic heterocycles. The molecule has 7 heteroatoms. The molecule has 5 atom stereocenters. The number of alkyl halides is 1. The molecule has 4 aliphatic carbocycles. The molecule has 0 spiro atoms. The summed E-state index contributed by atoms with van der Waals surface area (Å²) in [6.07, 6.45) is 12.4. The van der Waals surface area contributed by atoms with E-state index in [4.69, 9.17) is 16.7 Å². The summed E-state index contributed by atoms with van der Waals surface area (Å²) in [5.74, 6) is 2.31. The van der Waals surface area contributed by atoms with Crippen LogP contribution in [0.1, 0.15) is 44.9 Å². The van der Waals surface area contributed by atoms with Crippen molar-refractivity contribution in [3.05, 3.63) is 11.8 Å². The summed E-state index contributed by atoms with van der Waals surface area (Å²) in [5, 5.41) is 14.8. The van der Waals surface area contributed by atoms with E-state index in [0.29, 0.717) is 24.7 Å². The predicted molar refractivity (Wildman–Crippen MR) is 113 cm³/mol. The second-order valence-corrected chi connectivity index (χ2v) is 10.1. The van der Waals surface area contributed by atoms with E-state index < -0.39 is 11.4 Å². The van der Waals surface area contributed by atoms with Gasteiger partial charge in [-0.15, -0.1) is 11.6 Å².